The smallest absolute Gasteiger partial charge is 0.264 e. The van der Waals surface area contributed by atoms with Crippen LogP contribution >= 0.6 is 0 Å². The molecule has 0 saturated carbocycles. The average molecular weight is 404 g/mol. The van der Waals surface area contributed by atoms with Crippen molar-refractivity contribution in [3.63, 3.8) is 0 Å². The van der Waals surface area contributed by atoms with E-state index in [1.54, 1.807) is 36.4 Å². The van der Waals surface area contributed by atoms with Crippen LogP contribution in [0.25, 0.3) is 11.3 Å². The van der Waals surface area contributed by atoms with Gasteiger partial charge in [0.1, 0.15) is 6.04 Å². The number of nitrogens with zero attached hydrogens (tertiary/aromatic N) is 1. The van der Waals surface area contributed by atoms with E-state index in [9.17, 15) is 14.4 Å². The van der Waals surface area contributed by atoms with Gasteiger partial charge in [-0.25, -0.2) is 5.10 Å². The summed E-state index contributed by atoms with van der Waals surface area (Å²) in [5, 5.41) is 12.1. The molecule has 0 aliphatic rings. The molecule has 1 aromatic heterocycles. The van der Waals surface area contributed by atoms with E-state index in [0.29, 0.717) is 23.4 Å². The number of hydrogen-bond donors (Lipinski definition) is 3. The Kier molecular flexibility index (Phi) is 6.75. The highest BCUT2D eigenvalue weighted by Crippen LogP contribution is 2.22. The van der Waals surface area contributed by atoms with Crippen molar-refractivity contribution in [2.45, 2.75) is 26.3 Å². The van der Waals surface area contributed by atoms with E-state index in [0.717, 1.165) is 5.56 Å². The second-order valence-electron chi connectivity index (χ2n) is 7.39. The fraction of sp³-hybridized carbons (Fsp3) is 0.217. The molecule has 1 atom stereocenters. The Morgan fingerprint density at radius 3 is 2.43 bits per heavy atom. The van der Waals surface area contributed by atoms with Crippen molar-refractivity contribution in [3.05, 3.63) is 82.6 Å². The second-order valence-corrected chi connectivity index (χ2v) is 7.39. The zero-order valence-electron chi connectivity index (χ0n) is 16.9. The molecule has 7 heteroatoms. The number of anilines is 1. The minimum absolute atomic E-state index is 0.180. The Bertz CT molecular complexity index is 1060. The fourth-order valence-electron chi connectivity index (χ4n) is 3.01. The molecule has 0 spiro atoms. The highest BCUT2D eigenvalue weighted by Gasteiger charge is 2.23. The predicted molar refractivity (Wildman–Crippen MR) is 116 cm³/mol. The van der Waals surface area contributed by atoms with Crippen LogP contribution in [-0.2, 0) is 9.59 Å². The standard InChI is InChI=1S/C23H24N4O3/c1-15(2)13-21(29)25-22(16-7-4-3-5-8-16)23(30)24-18-10-6-9-17(14-18)19-11-12-20(28)27-26-19/h3-12,14-15,22H,13H2,1-2H3,(H,24,30)(H,25,29)(H,27,28). The van der Waals surface area contributed by atoms with Gasteiger partial charge in [0.15, 0.2) is 0 Å². The SMILES string of the molecule is CC(C)CC(=O)NC(C(=O)Nc1cccc(-c2ccc(=O)[nH]n2)c1)c1ccccc1. The molecule has 0 bridgehead atoms. The van der Waals surface area contributed by atoms with Gasteiger partial charge < -0.3 is 10.6 Å². The maximum Gasteiger partial charge on any atom is 0.264 e. The highest BCUT2D eigenvalue weighted by molar-refractivity contribution is 5.98. The van der Waals surface area contributed by atoms with Crippen LogP contribution in [0, 0.1) is 5.92 Å². The fourth-order valence-corrected chi connectivity index (χ4v) is 3.01. The first-order valence-corrected chi connectivity index (χ1v) is 9.73. The number of aromatic amines is 1. The third-order valence-corrected chi connectivity index (χ3v) is 4.40. The Morgan fingerprint density at radius 1 is 1.00 bits per heavy atom. The van der Waals surface area contributed by atoms with Crippen LogP contribution in [0.4, 0.5) is 5.69 Å². The summed E-state index contributed by atoms with van der Waals surface area (Å²) in [7, 11) is 0. The largest absolute Gasteiger partial charge is 0.341 e. The van der Waals surface area contributed by atoms with Crippen LogP contribution in [0.2, 0.25) is 0 Å². The lowest BCUT2D eigenvalue weighted by Gasteiger charge is -2.20. The molecule has 0 saturated heterocycles. The van der Waals surface area contributed by atoms with E-state index < -0.39 is 6.04 Å². The van der Waals surface area contributed by atoms with Crippen LogP contribution in [0.15, 0.2) is 71.5 Å². The third-order valence-electron chi connectivity index (χ3n) is 4.40. The van der Waals surface area contributed by atoms with Gasteiger partial charge in [-0.2, -0.15) is 5.10 Å². The van der Waals surface area contributed by atoms with E-state index in [1.807, 2.05) is 38.1 Å². The van der Waals surface area contributed by atoms with Crippen LogP contribution < -0.4 is 16.2 Å². The van der Waals surface area contributed by atoms with Crippen molar-refractivity contribution in [2.24, 2.45) is 5.92 Å². The van der Waals surface area contributed by atoms with Gasteiger partial charge in [0, 0.05) is 23.7 Å². The first-order chi connectivity index (χ1) is 14.4. The van der Waals surface area contributed by atoms with Gasteiger partial charge >= 0.3 is 0 Å². The summed E-state index contributed by atoms with van der Waals surface area (Å²) < 4.78 is 0. The zero-order chi connectivity index (χ0) is 21.5. The Balaban J connectivity index is 1.81. The van der Waals surface area contributed by atoms with Gasteiger partial charge in [0.05, 0.1) is 5.69 Å². The first kappa shape index (κ1) is 21.0. The molecule has 0 radical (unpaired) electrons. The summed E-state index contributed by atoms with van der Waals surface area (Å²) in [6, 6.07) is 18.4. The van der Waals surface area contributed by atoms with Gasteiger partial charge in [-0.05, 0) is 29.7 Å². The quantitative estimate of drug-likeness (QED) is 0.562. The summed E-state index contributed by atoms with van der Waals surface area (Å²) in [6.45, 7) is 3.90. The molecule has 1 heterocycles. The summed E-state index contributed by atoms with van der Waals surface area (Å²) in [5.41, 5.74) is 2.29. The molecule has 3 rings (SSSR count). The van der Waals surface area contributed by atoms with Gasteiger partial charge in [0.25, 0.3) is 11.5 Å². The minimum atomic E-state index is -0.813. The lowest BCUT2D eigenvalue weighted by Crippen LogP contribution is -2.37. The van der Waals surface area contributed by atoms with Gasteiger partial charge in [-0.1, -0.05) is 56.3 Å². The number of carbonyl (C=O) groups excluding carboxylic acids is 2. The number of hydrogen-bond acceptors (Lipinski definition) is 4. The molecule has 0 aliphatic heterocycles. The lowest BCUT2D eigenvalue weighted by atomic mass is 10.0. The molecule has 1 unspecified atom stereocenters. The van der Waals surface area contributed by atoms with Crippen molar-refractivity contribution in [3.8, 4) is 11.3 Å². The number of amides is 2. The molecule has 3 N–H and O–H groups in total. The number of benzene rings is 2. The summed E-state index contributed by atoms with van der Waals surface area (Å²) in [6.07, 6.45) is 0.337. The molecule has 3 aromatic rings. The highest BCUT2D eigenvalue weighted by atomic mass is 16.2. The third kappa shape index (κ3) is 5.64. The Hall–Kier alpha value is -3.74. The maximum atomic E-state index is 13.0. The van der Waals surface area contributed by atoms with E-state index in [-0.39, 0.29) is 23.3 Å². The molecule has 154 valence electrons. The van der Waals surface area contributed by atoms with E-state index in [1.165, 1.54) is 6.07 Å². The molecular formula is C23H24N4O3. The number of aromatic nitrogens is 2. The minimum Gasteiger partial charge on any atom is -0.341 e. The van der Waals surface area contributed by atoms with Crippen LogP contribution in [0.3, 0.4) is 0 Å². The zero-order valence-corrected chi connectivity index (χ0v) is 16.9. The number of H-pyrrole nitrogens is 1. The molecular weight excluding hydrogens is 380 g/mol. The topological polar surface area (TPSA) is 104 Å². The number of rotatable bonds is 7. The Morgan fingerprint density at radius 2 is 1.77 bits per heavy atom. The van der Waals surface area contributed by atoms with Crippen LogP contribution in [-0.4, -0.2) is 22.0 Å². The van der Waals surface area contributed by atoms with Crippen molar-refractivity contribution in [2.75, 3.05) is 5.32 Å². The average Bonchev–Trinajstić information content (AvgIpc) is 2.73. The summed E-state index contributed by atoms with van der Waals surface area (Å²) in [4.78, 5) is 36.6. The molecule has 2 amide bonds. The lowest BCUT2D eigenvalue weighted by molar-refractivity contribution is -0.127. The molecule has 0 aliphatic carbocycles. The Labute approximate surface area is 174 Å². The van der Waals surface area contributed by atoms with Gasteiger partial charge in [0.2, 0.25) is 5.91 Å². The van der Waals surface area contributed by atoms with Crippen molar-refractivity contribution in [1.29, 1.82) is 0 Å². The maximum absolute atomic E-state index is 13.0. The monoisotopic (exact) mass is 404 g/mol. The molecule has 30 heavy (non-hydrogen) atoms. The predicted octanol–water partition coefficient (Wildman–Crippen LogP) is 3.28. The van der Waals surface area contributed by atoms with Crippen molar-refractivity contribution in [1.82, 2.24) is 15.5 Å². The van der Waals surface area contributed by atoms with Crippen molar-refractivity contribution < 1.29 is 9.59 Å². The van der Waals surface area contributed by atoms with Gasteiger partial charge in [-0.3, -0.25) is 14.4 Å². The summed E-state index contributed by atoms with van der Waals surface area (Å²) >= 11 is 0. The normalized spacial score (nSPS) is 11.7. The van der Waals surface area contributed by atoms with Gasteiger partial charge in [-0.15, -0.1) is 0 Å². The van der Waals surface area contributed by atoms with Crippen molar-refractivity contribution >= 4 is 17.5 Å². The van der Waals surface area contributed by atoms with Crippen LogP contribution in [0.5, 0.6) is 0 Å². The molecule has 7 nitrogen and oxygen atoms in total. The van der Waals surface area contributed by atoms with E-state index in [2.05, 4.69) is 20.8 Å². The van der Waals surface area contributed by atoms with E-state index >= 15 is 0 Å². The second kappa shape index (κ2) is 9.65. The molecule has 0 fully saturated rings. The number of nitrogens with one attached hydrogen (secondary N) is 3. The number of carbonyl (C=O) groups is 2. The summed E-state index contributed by atoms with van der Waals surface area (Å²) in [5.74, 6) is -0.337. The first-order valence-electron chi connectivity index (χ1n) is 9.73. The molecule has 2 aromatic carbocycles. The van der Waals surface area contributed by atoms with E-state index in [4.69, 9.17) is 0 Å². The van der Waals surface area contributed by atoms with Crippen LogP contribution in [0.1, 0.15) is 31.9 Å².